The van der Waals surface area contributed by atoms with E-state index in [9.17, 15) is 9.59 Å². The van der Waals surface area contributed by atoms with Crippen molar-refractivity contribution >= 4 is 11.9 Å². The van der Waals surface area contributed by atoms with Gasteiger partial charge in [0.25, 0.3) is 0 Å². The van der Waals surface area contributed by atoms with Crippen molar-refractivity contribution < 1.29 is 19.1 Å². The molecule has 5 heteroatoms. The molecule has 0 aliphatic heterocycles. The van der Waals surface area contributed by atoms with Gasteiger partial charge in [-0.2, -0.15) is 0 Å². The van der Waals surface area contributed by atoms with E-state index < -0.39 is 5.97 Å². The highest BCUT2D eigenvalue weighted by Gasteiger charge is 2.08. The van der Waals surface area contributed by atoms with Crippen molar-refractivity contribution in [3.8, 4) is 11.5 Å². The largest absolute Gasteiger partial charge is 0.493 e. The lowest BCUT2D eigenvalue weighted by molar-refractivity contribution is -0.116. The predicted octanol–water partition coefficient (Wildman–Crippen LogP) is 3.37. The fourth-order valence-corrected chi connectivity index (χ4v) is 2.07. The van der Waals surface area contributed by atoms with Crippen LogP contribution in [0, 0.1) is 0 Å². The number of benzene rings is 2. The maximum Gasteiger partial charge on any atom is 0.343 e. The number of amides is 1. The fraction of sp³-hybridized carbons (Fsp3) is 0.200. The lowest BCUT2D eigenvalue weighted by Crippen LogP contribution is -2.22. The molecule has 2 aromatic carbocycles. The van der Waals surface area contributed by atoms with Gasteiger partial charge in [0.2, 0.25) is 5.91 Å². The van der Waals surface area contributed by atoms with Crippen LogP contribution in [0.3, 0.4) is 0 Å². The number of rotatable bonds is 9. The first-order valence-corrected chi connectivity index (χ1v) is 8.09. The molecule has 0 aliphatic rings. The minimum atomic E-state index is -0.407. The van der Waals surface area contributed by atoms with E-state index in [0.29, 0.717) is 30.2 Å². The van der Waals surface area contributed by atoms with E-state index in [1.165, 1.54) is 6.08 Å². The summed E-state index contributed by atoms with van der Waals surface area (Å²) in [7, 11) is 0. The molecule has 1 amide bonds. The summed E-state index contributed by atoms with van der Waals surface area (Å²) in [5.41, 5.74) is 0.496. The second-order valence-electron chi connectivity index (χ2n) is 5.28. The minimum absolute atomic E-state index is 0.172. The molecular weight excluding hydrogens is 318 g/mol. The summed E-state index contributed by atoms with van der Waals surface area (Å²) in [6.07, 6.45) is 2.85. The van der Waals surface area contributed by atoms with Crippen molar-refractivity contribution in [1.82, 2.24) is 5.32 Å². The summed E-state index contributed by atoms with van der Waals surface area (Å²) in [6, 6.07) is 15.8. The van der Waals surface area contributed by atoms with Gasteiger partial charge in [0.15, 0.2) is 0 Å². The number of hydrogen-bond acceptors (Lipinski definition) is 4. The van der Waals surface area contributed by atoms with Crippen LogP contribution in [0.25, 0.3) is 0 Å². The molecule has 2 rings (SSSR count). The van der Waals surface area contributed by atoms with Crippen molar-refractivity contribution in [2.45, 2.75) is 12.8 Å². The Morgan fingerprint density at radius 2 is 1.76 bits per heavy atom. The third-order valence-corrected chi connectivity index (χ3v) is 3.35. The summed E-state index contributed by atoms with van der Waals surface area (Å²) in [4.78, 5) is 23.0. The second-order valence-corrected chi connectivity index (χ2v) is 5.28. The fourth-order valence-electron chi connectivity index (χ4n) is 2.07. The van der Waals surface area contributed by atoms with Gasteiger partial charge in [-0.15, -0.1) is 0 Å². The van der Waals surface area contributed by atoms with Gasteiger partial charge < -0.3 is 14.8 Å². The monoisotopic (exact) mass is 339 g/mol. The van der Waals surface area contributed by atoms with Gasteiger partial charge >= 0.3 is 5.97 Å². The average molecular weight is 339 g/mol. The molecule has 0 radical (unpaired) electrons. The number of hydrogen-bond donors (Lipinski definition) is 1. The topological polar surface area (TPSA) is 64.6 Å². The van der Waals surface area contributed by atoms with Crippen LogP contribution < -0.4 is 14.8 Å². The van der Waals surface area contributed by atoms with Crippen LogP contribution in [0.2, 0.25) is 0 Å². The molecule has 0 aliphatic carbocycles. The summed E-state index contributed by atoms with van der Waals surface area (Å²) < 4.78 is 11.0. The Morgan fingerprint density at radius 3 is 2.52 bits per heavy atom. The van der Waals surface area contributed by atoms with Gasteiger partial charge in [0.05, 0.1) is 12.2 Å². The van der Waals surface area contributed by atoms with Crippen molar-refractivity contribution in [3.63, 3.8) is 0 Å². The smallest absolute Gasteiger partial charge is 0.343 e. The van der Waals surface area contributed by atoms with E-state index in [1.54, 1.807) is 48.5 Å². The Bertz CT molecular complexity index is 713. The third kappa shape index (κ3) is 6.51. The minimum Gasteiger partial charge on any atom is -0.493 e. The van der Waals surface area contributed by atoms with Gasteiger partial charge in [-0.1, -0.05) is 30.8 Å². The molecule has 0 spiro atoms. The summed E-state index contributed by atoms with van der Waals surface area (Å²) in [5, 5.41) is 2.71. The van der Waals surface area contributed by atoms with Crippen LogP contribution in [-0.2, 0) is 4.79 Å². The van der Waals surface area contributed by atoms with Gasteiger partial charge in [0, 0.05) is 12.6 Å². The van der Waals surface area contributed by atoms with Gasteiger partial charge in [0.1, 0.15) is 11.5 Å². The SMILES string of the molecule is C=CC(=O)NCCCCOc1cccc(OC(=O)c2ccccc2)c1. The first-order chi connectivity index (χ1) is 12.2. The van der Waals surface area contributed by atoms with E-state index in [-0.39, 0.29) is 5.91 Å². The predicted molar refractivity (Wildman–Crippen MR) is 95.8 cm³/mol. The van der Waals surface area contributed by atoms with Crippen LogP contribution in [0.1, 0.15) is 23.2 Å². The standard InChI is InChI=1S/C20H21NO4/c1-2-19(22)21-13-6-7-14-24-17-11-8-12-18(15-17)25-20(23)16-9-4-3-5-10-16/h2-5,8-12,15H,1,6-7,13-14H2,(H,21,22). The highest BCUT2D eigenvalue weighted by Crippen LogP contribution is 2.20. The van der Waals surface area contributed by atoms with Crippen LogP contribution >= 0.6 is 0 Å². The first kappa shape index (κ1) is 18.3. The molecule has 5 nitrogen and oxygen atoms in total. The van der Waals surface area contributed by atoms with Gasteiger partial charge in [-0.05, 0) is 43.2 Å². The zero-order valence-electron chi connectivity index (χ0n) is 13.9. The maximum absolute atomic E-state index is 12.0. The molecule has 0 saturated heterocycles. The number of unbranched alkanes of at least 4 members (excludes halogenated alkanes) is 1. The van der Waals surface area contributed by atoms with E-state index >= 15 is 0 Å². The molecule has 0 heterocycles. The highest BCUT2D eigenvalue weighted by molar-refractivity contribution is 5.91. The van der Waals surface area contributed by atoms with E-state index in [1.807, 2.05) is 6.07 Å². The molecule has 25 heavy (non-hydrogen) atoms. The molecule has 0 fully saturated rings. The van der Waals surface area contributed by atoms with Crippen molar-refractivity contribution in [2.75, 3.05) is 13.2 Å². The highest BCUT2D eigenvalue weighted by atomic mass is 16.5. The lowest BCUT2D eigenvalue weighted by Gasteiger charge is -2.09. The Balaban J connectivity index is 1.76. The summed E-state index contributed by atoms with van der Waals surface area (Å²) >= 11 is 0. The lowest BCUT2D eigenvalue weighted by atomic mass is 10.2. The average Bonchev–Trinajstić information content (AvgIpc) is 2.65. The van der Waals surface area contributed by atoms with Crippen molar-refractivity contribution in [2.24, 2.45) is 0 Å². The Hall–Kier alpha value is -3.08. The molecule has 1 N–H and O–H groups in total. The van der Waals surface area contributed by atoms with Gasteiger partial charge in [-0.25, -0.2) is 4.79 Å². The first-order valence-electron chi connectivity index (χ1n) is 8.09. The molecule has 0 atom stereocenters. The third-order valence-electron chi connectivity index (χ3n) is 3.35. The zero-order chi connectivity index (χ0) is 17.9. The molecule has 2 aromatic rings. The molecule has 0 unspecified atom stereocenters. The van der Waals surface area contributed by atoms with E-state index in [4.69, 9.17) is 9.47 Å². The van der Waals surface area contributed by atoms with Crippen LogP contribution in [-0.4, -0.2) is 25.0 Å². The van der Waals surface area contributed by atoms with Crippen LogP contribution in [0.15, 0.2) is 67.3 Å². The van der Waals surface area contributed by atoms with Crippen molar-refractivity contribution in [3.05, 3.63) is 72.8 Å². The Labute approximate surface area is 147 Å². The molecule has 130 valence electrons. The Kier molecular flexibility index (Phi) is 7.25. The summed E-state index contributed by atoms with van der Waals surface area (Å²) in [6.45, 7) is 4.49. The van der Waals surface area contributed by atoms with E-state index in [0.717, 1.165) is 12.8 Å². The normalized spacial score (nSPS) is 9.92. The van der Waals surface area contributed by atoms with Crippen molar-refractivity contribution in [1.29, 1.82) is 0 Å². The Morgan fingerprint density at radius 1 is 1.00 bits per heavy atom. The number of nitrogens with one attached hydrogen (secondary N) is 1. The summed E-state index contributed by atoms with van der Waals surface area (Å²) in [5.74, 6) is 0.489. The maximum atomic E-state index is 12.0. The molecular formula is C20H21NO4. The molecule has 0 bridgehead atoms. The van der Waals surface area contributed by atoms with Crippen LogP contribution in [0.4, 0.5) is 0 Å². The number of carbonyl (C=O) groups is 2. The van der Waals surface area contributed by atoms with Crippen LogP contribution in [0.5, 0.6) is 11.5 Å². The molecule has 0 saturated carbocycles. The number of carbonyl (C=O) groups excluding carboxylic acids is 2. The van der Waals surface area contributed by atoms with E-state index in [2.05, 4.69) is 11.9 Å². The number of esters is 1. The zero-order valence-corrected chi connectivity index (χ0v) is 13.9. The number of ether oxygens (including phenoxy) is 2. The van der Waals surface area contributed by atoms with Gasteiger partial charge in [-0.3, -0.25) is 4.79 Å². The quantitative estimate of drug-likeness (QED) is 0.329. The second kappa shape index (κ2) is 9.93. The molecule has 0 aromatic heterocycles.